The first-order chi connectivity index (χ1) is 9.62. The molecule has 4 heteroatoms. The predicted molar refractivity (Wildman–Crippen MR) is 83.6 cm³/mol. The van der Waals surface area contributed by atoms with E-state index in [0.717, 1.165) is 29.2 Å². The molecule has 3 nitrogen and oxygen atoms in total. The topological polar surface area (TPSA) is 33.2 Å². The SMILES string of the molecule is CC1(C)CCCN1c1nc(-c2ccccc2)c(C=O)s1. The number of nitrogens with zero attached hydrogens (tertiary/aromatic N) is 2. The zero-order valence-corrected chi connectivity index (χ0v) is 12.6. The van der Waals surface area contributed by atoms with Crippen molar-refractivity contribution < 1.29 is 4.79 Å². The van der Waals surface area contributed by atoms with Crippen LogP contribution in [0.4, 0.5) is 5.13 Å². The van der Waals surface area contributed by atoms with Crippen LogP contribution in [0, 0.1) is 0 Å². The van der Waals surface area contributed by atoms with Gasteiger partial charge in [-0.1, -0.05) is 41.7 Å². The molecule has 0 spiro atoms. The molecule has 0 atom stereocenters. The van der Waals surface area contributed by atoms with Crippen LogP contribution in [-0.4, -0.2) is 23.4 Å². The Morgan fingerprint density at radius 1 is 1.30 bits per heavy atom. The number of carbonyl (C=O) groups excluding carboxylic acids is 1. The molecule has 0 N–H and O–H groups in total. The minimum Gasteiger partial charge on any atom is -0.343 e. The summed E-state index contributed by atoms with van der Waals surface area (Å²) in [5, 5.41) is 0.966. The van der Waals surface area contributed by atoms with Crippen LogP contribution in [0.1, 0.15) is 36.4 Å². The fraction of sp³-hybridized carbons (Fsp3) is 0.375. The fourth-order valence-corrected chi connectivity index (χ4v) is 3.87. The molecule has 0 saturated carbocycles. The largest absolute Gasteiger partial charge is 0.343 e. The van der Waals surface area contributed by atoms with Crippen molar-refractivity contribution in [2.24, 2.45) is 0 Å². The van der Waals surface area contributed by atoms with E-state index in [-0.39, 0.29) is 5.54 Å². The van der Waals surface area contributed by atoms with E-state index < -0.39 is 0 Å². The summed E-state index contributed by atoms with van der Waals surface area (Å²) < 4.78 is 0. The molecule has 0 aliphatic carbocycles. The van der Waals surface area contributed by atoms with Gasteiger partial charge >= 0.3 is 0 Å². The Balaban J connectivity index is 2.04. The molecule has 3 rings (SSSR count). The Morgan fingerprint density at radius 2 is 2.05 bits per heavy atom. The van der Waals surface area contributed by atoms with Crippen LogP contribution < -0.4 is 4.90 Å². The Hall–Kier alpha value is -1.68. The maximum atomic E-state index is 11.3. The normalized spacial score (nSPS) is 17.4. The smallest absolute Gasteiger partial charge is 0.187 e. The molecule has 0 amide bonds. The van der Waals surface area contributed by atoms with Gasteiger partial charge in [0.2, 0.25) is 0 Å². The van der Waals surface area contributed by atoms with E-state index in [0.29, 0.717) is 4.88 Å². The average molecular weight is 286 g/mol. The lowest BCUT2D eigenvalue weighted by Gasteiger charge is -2.31. The Kier molecular flexibility index (Phi) is 3.34. The van der Waals surface area contributed by atoms with Crippen molar-refractivity contribution in [3.63, 3.8) is 0 Å². The molecule has 0 bridgehead atoms. The molecule has 0 unspecified atom stereocenters. The predicted octanol–water partition coefficient (Wildman–Crippen LogP) is 4.00. The molecule has 0 radical (unpaired) electrons. The number of benzene rings is 1. The van der Waals surface area contributed by atoms with Crippen LogP contribution in [0.15, 0.2) is 30.3 Å². The van der Waals surface area contributed by atoms with Crippen molar-refractivity contribution in [2.75, 3.05) is 11.4 Å². The third-order valence-electron chi connectivity index (χ3n) is 3.93. The molecule has 2 heterocycles. The van der Waals surface area contributed by atoms with E-state index >= 15 is 0 Å². The van der Waals surface area contributed by atoms with Gasteiger partial charge in [-0.2, -0.15) is 0 Å². The summed E-state index contributed by atoms with van der Waals surface area (Å²) in [6.45, 7) is 5.50. The minimum atomic E-state index is 0.131. The lowest BCUT2D eigenvalue weighted by molar-refractivity contribution is 0.112. The second-order valence-electron chi connectivity index (χ2n) is 5.76. The summed E-state index contributed by atoms with van der Waals surface area (Å²) in [4.78, 5) is 19.1. The minimum absolute atomic E-state index is 0.131. The first-order valence-corrected chi connectivity index (χ1v) is 7.72. The van der Waals surface area contributed by atoms with Crippen molar-refractivity contribution in [1.29, 1.82) is 0 Å². The Morgan fingerprint density at radius 3 is 2.65 bits per heavy atom. The highest BCUT2D eigenvalue weighted by molar-refractivity contribution is 7.17. The molecule has 1 saturated heterocycles. The lowest BCUT2D eigenvalue weighted by Crippen LogP contribution is -2.37. The van der Waals surface area contributed by atoms with Gasteiger partial charge < -0.3 is 4.90 Å². The van der Waals surface area contributed by atoms with Gasteiger partial charge in [0.25, 0.3) is 0 Å². The summed E-state index contributed by atoms with van der Waals surface area (Å²) in [6, 6.07) is 9.92. The van der Waals surface area contributed by atoms with Crippen molar-refractivity contribution >= 4 is 22.8 Å². The van der Waals surface area contributed by atoms with Gasteiger partial charge in [0.05, 0.1) is 10.6 Å². The van der Waals surface area contributed by atoms with E-state index in [1.54, 1.807) is 0 Å². The fourth-order valence-electron chi connectivity index (χ4n) is 2.78. The molecule has 1 aliphatic heterocycles. The monoisotopic (exact) mass is 286 g/mol. The second-order valence-corrected chi connectivity index (χ2v) is 6.77. The summed E-state index contributed by atoms with van der Waals surface area (Å²) in [7, 11) is 0. The van der Waals surface area contributed by atoms with Gasteiger partial charge in [0.15, 0.2) is 11.4 Å². The van der Waals surface area contributed by atoms with Gasteiger partial charge in [-0.15, -0.1) is 0 Å². The third-order valence-corrected chi connectivity index (χ3v) is 4.93. The maximum absolute atomic E-state index is 11.3. The highest BCUT2D eigenvalue weighted by Crippen LogP contribution is 2.39. The maximum Gasteiger partial charge on any atom is 0.187 e. The average Bonchev–Trinajstić information content (AvgIpc) is 3.02. The van der Waals surface area contributed by atoms with Gasteiger partial charge in [-0.25, -0.2) is 4.98 Å². The molecule has 20 heavy (non-hydrogen) atoms. The van der Waals surface area contributed by atoms with Gasteiger partial charge in [-0.05, 0) is 26.7 Å². The van der Waals surface area contributed by atoms with Crippen LogP contribution in [0.3, 0.4) is 0 Å². The van der Waals surface area contributed by atoms with Crippen LogP contribution in [0.25, 0.3) is 11.3 Å². The molecule has 2 aromatic rings. The Bertz CT molecular complexity index is 619. The molecule has 1 aromatic heterocycles. The first kappa shape index (κ1) is 13.3. The highest BCUT2D eigenvalue weighted by Gasteiger charge is 2.34. The molecule has 1 fully saturated rings. The van der Waals surface area contributed by atoms with E-state index in [9.17, 15) is 4.79 Å². The number of thiazole rings is 1. The first-order valence-electron chi connectivity index (χ1n) is 6.91. The molecule has 1 aliphatic rings. The molecule has 104 valence electrons. The van der Waals surface area contributed by atoms with Crippen LogP contribution >= 0.6 is 11.3 Å². The summed E-state index contributed by atoms with van der Waals surface area (Å²) in [5.74, 6) is 0. The van der Waals surface area contributed by atoms with Gasteiger partial charge in [-0.3, -0.25) is 4.79 Å². The number of aromatic nitrogens is 1. The van der Waals surface area contributed by atoms with E-state index in [1.165, 1.54) is 24.2 Å². The van der Waals surface area contributed by atoms with E-state index in [1.807, 2.05) is 30.3 Å². The highest BCUT2D eigenvalue weighted by atomic mass is 32.1. The zero-order valence-electron chi connectivity index (χ0n) is 11.8. The number of anilines is 1. The van der Waals surface area contributed by atoms with E-state index in [2.05, 4.69) is 18.7 Å². The van der Waals surface area contributed by atoms with Crippen molar-refractivity contribution in [3.05, 3.63) is 35.2 Å². The van der Waals surface area contributed by atoms with Crippen LogP contribution in [-0.2, 0) is 0 Å². The number of hydrogen-bond donors (Lipinski definition) is 0. The standard InChI is InChI=1S/C16H18N2OS/c1-16(2)9-6-10-18(16)15-17-14(13(11-19)20-15)12-7-4-3-5-8-12/h3-5,7-8,11H,6,9-10H2,1-2H3. The van der Waals surface area contributed by atoms with Gasteiger partial charge in [0.1, 0.15) is 0 Å². The number of carbonyl (C=O) groups is 1. The summed E-state index contributed by atoms with van der Waals surface area (Å²) in [5.41, 5.74) is 1.95. The third kappa shape index (κ3) is 2.24. The molecular weight excluding hydrogens is 268 g/mol. The van der Waals surface area contributed by atoms with Gasteiger partial charge in [0, 0.05) is 17.6 Å². The summed E-state index contributed by atoms with van der Waals surface area (Å²) in [6.07, 6.45) is 3.28. The zero-order chi connectivity index (χ0) is 14.2. The van der Waals surface area contributed by atoms with Crippen molar-refractivity contribution in [2.45, 2.75) is 32.2 Å². The van der Waals surface area contributed by atoms with E-state index in [4.69, 9.17) is 4.98 Å². The van der Waals surface area contributed by atoms with Crippen LogP contribution in [0.5, 0.6) is 0 Å². The number of hydrogen-bond acceptors (Lipinski definition) is 4. The quantitative estimate of drug-likeness (QED) is 0.800. The number of rotatable bonds is 3. The van der Waals surface area contributed by atoms with Crippen molar-refractivity contribution in [1.82, 2.24) is 4.98 Å². The lowest BCUT2D eigenvalue weighted by atomic mass is 10.0. The second kappa shape index (κ2) is 5.02. The number of aldehydes is 1. The van der Waals surface area contributed by atoms with Crippen LogP contribution in [0.2, 0.25) is 0 Å². The molecular formula is C16H18N2OS. The van der Waals surface area contributed by atoms with Crippen molar-refractivity contribution in [3.8, 4) is 11.3 Å². The summed E-state index contributed by atoms with van der Waals surface area (Å²) >= 11 is 1.50. The Labute approximate surface area is 123 Å². The molecule has 1 aromatic carbocycles.